The SMILES string of the molecule is COc1ccc(/C=C/c2cc(OC)c(OC)c(OC)c2)c(NC(=O)/C=C/c2ccc(O)cc2)c1O. The Balaban J connectivity index is 1.92. The lowest BCUT2D eigenvalue weighted by molar-refractivity contribution is -0.111. The molecule has 8 nitrogen and oxygen atoms in total. The van der Waals surface area contributed by atoms with Crippen LogP contribution < -0.4 is 24.3 Å². The van der Waals surface area contributed by atoms with E-state index in [4.69, 9.17) is 18.9 Å². The molecule has 3 N–H and O–H groups in total. The predicted molar refractivity (Wildman–Crippen MR) is 135 cm³/mol. The summed E-state index contributed by atoms with van der Waals surface area (Å²) in [6, 6.07) is 13.3. The number of hydrogen-bond donors (Lipinski definition) is 3. The number of aromatic hydroxyl groups is 2. The summed E-state index contributed by atoms with van der Waals surface area (Å²) >= 11 is 0. The number of nitrogens with one attached hydrogen (secondary N) is 1. The van der Waals surface area contributed by atoms with Crippen LogP contribution in [0.25, 0.3) is 18.2 Å². The standard InChI is InChI=1S/C27H27NO7/c1-32-21-13-10-19(9-5-18-15-22(33-2)27(35-4)23(16-18)34-3)25(26(21)31)28-24(30)14-8-17-6-11-20(29)12-7-17/h5-16,29,31H,1-4H3,(H,28,30)/b9-5+,14-8+. The number of carbonyl (C=O) groups excluding carboxylic acids is 1. The van der Waals surface area contributed by atoms with Crippen LogP contribution in [-0.2, 0) is 4.79 Å². The van der Waals surface area contributed by atoms with Crippen LogP contribution >= 0.6 is 0 Å². The number of amides is 1. The van der Waals surface area contributed by atoms with Crippen molar-refractivity contribution in [3.05, 3.63) is 71.3 Å². The van der Waals surface area contributed by atoms with Crippen LogP contribution in [0.2, 0.25) is 0 Å². The zero-order valence-corrected chi connectivity index (χ0v) is 19.9. The molecular formula is C27H27NO7. The van der Waals surface area contributed by atoms with E-state index in [0.29, 0.717) is 22.8 Å². The first-order valence-corrected chi connectivity index (χ1v) is 10.6. The van der Waals surface area contributed by atoms with Crippen molar-refractivity contribution in [2.45, 2.75) is 0 Å². The molecule has 3 aromatic rings. The molecule has 3 rings (SSSR count). The van der Waals surface area contributed by atoms with E-state index in [0.717, 1.165) is 11.1 Å². The molecular weight excluding hydrogens is 450 g/mol. The van der Waals surface area contributed by atoms with Crippen LogP contribution in [0.1, 0.15) is 16.7 Å². The van der Waals surface area contributed by atoms with Gasteiger partial charge in [-0.1, -0.05) is 24.3 Å². The Morgan fingerprint density at radius 1 is 0.743 bits per heavy atom. The number of methoxy groups -OCH3 is 4. The zero-order chi connectivity index (χ0) is 25.4. The van der Waals surface area contributed by atoms with E-state index in [1.807, 2.05) is 0 Å². The molecule has 0 aliphatic carbocycles. The lowest BCUT2D eigenvalue weighted by Gasteiger charge is -2.14. The van der Waals surface area contributed by atoms with Crippen molar-refractivity contribution in [2.75, 3.05) is 33.8 Å². The minimum atomic E-state index is -0.455. The first-order valence-electron chi connectivity index (χ1n) is 10.6. The second-order valence-corrected chi connectivity index (χ2v) is 7.29. The average molecular weight is 478 g/mol. The Morgan fingerprint density at radius 2 is 1.37 bits per heavy atom. The van der Waals surface area contributed by atoms with Gasteiger partial charge in [-0.25, -0.2) is 0 Å². The third kappa shape index (κ3) is 6.05. The van der Waals surface area contributed by atoms with E-state index >= 15 is 0 Å². The molecule has 0 unspecified atom stereocenters. The number of rotatable bonds is 9. The molecule has 0 aromatic heterocycles. The van der Waals surface area contributed by atoms with Crippen LogP contribution in [0.5, 0.6) is 34.5 Å². The second kappa shape index (κ2) is 11.5. The Labute approximate surface area is 203 Å². The third-order valence-corrected chi connectivity index (χ3v) is 5.10. The fourth-order valence-corrected chi connectivity index (χ4v) is 3.33. The van der Waals surface area contributed by atoms with Gasteiger partial charge in [0, 0.05) is 11.6 Å². The molecule has 0 bridgehead atoms. The average Bonchev–Trinajstić information content (AvgIpc) is 2.87. The number of carbonyl (C=O) groups is 1. The van der Waals surface area contributed by atoms with Gasteiger partial charge >= 0.3 is 0 Å². The predicted octanol–water partition coefficient (Wildman–Crippen LogP) is 4.95. The van der Waals surface area contributed by atoms with Crippen LogP contribution in [0, 0.1) is 0 Å². The van der Waals surface area contributed by atoms with Gasteiger partial charge in [0.15, 0.2) is 23.0 Å². The summed E-state index contributed by atoms with van der Waals surface area (Å²) in [5, 5.41) is 22.8. The number of phenolic OH excluding ortho intramolecular Hbond substituents is 2. The highest BCUT2D eigenvalue weighted by molar-refractivity contribution is 6.04. The summed E-state index contributed by atoms with van der Waals surface area (Å²) in [5.74, 6) is 1.16. The van der Waals surface area contributed by atoms with Crippen molar-refractivity contribution in [1.29, 1.82) is 0 Å². The van der Waals surface area contributed by atoms with Gasteiger partial charge in [-0.3, -0.25) is 4.79 Å². The first-order chi connectivity index (χ1) is 16.9. The molecule has 0 atom stereocenters. The number of hydrogen-bond acceptors (Lipinski definition) is 7. The van der Waals surface area contributed by atoms with Crippen LogP contribution in [0.3, 0.4) is 0 Å². The molecule has 3 aromatic carbocycles. The summed E-state index contributed by atoms with van der Waals surface area (Å²) in [6.07, 6.45) is 6.45. The van der Waals surface area contributed by atoms with Crippen molar-refractivity contribution >= 4 is 29.8 Å². The lowest BCUT2D eigenvalue weighted by Crippen LogP contribution is -2.09. The van der Waals surface area contributed by atoms with E-state index < -0.39 is 5.91 Å². The van der Waals surface area contributed by atoms with Gasteiger partial charge in [0.05, 0.1) is 34.1 Å². The maximum absolute atomic E-state index is 12.6. The molecule has 8 heteroatoms. The third-order valence-electron chi connectivity index (χ3n) is 5.10. The van der Waals surface area contributed by atoms with Crippen molar-refractivity contribution < 1.29 is 34.0 Å². The molecule has 0 aliphatic heterocycles. The molecule has 1 amide bonds. The number of benzene rings is 3. The first kappa shape index (κ1) is 25.0. The number of ether oxygens (including phenoxy) is 4. The largest absolute Gasteiger partial charge is 0.508 e. The highest BCUT2D eigenvalue weighted by atomic mass is 16.5. The van der Waals surface area contributed by atoms with Crippen molar-refractivity contribution in [1.82, 2.24) is 0 Å². The summed E-state index contributed by atoms with van der Waals surface area (Å²) < 4.78 is 21.3. The molecule has 182 valence electrons. The molecule has 0 saturated carbocycles. The van der Waals surface area contributed by atoms with Crippen LogP contribution in [0.4, 0.5) is 5.69 Å². The van der Waals surface area contributed by atoms with E-state index in [-0.39, 0.29) is 22.9 Å². The fraction of sp³-hybridized carbons (Fsp3) is 0.148. The van der Waals surface area contributed by atoms with Gasteiger partial charge in [-0.2, -0.15) is 0 Å². The maximum Gasteiger partial charge on any atom is 0.248 e. The smallest absolute Gasteiger partial charge is 0.248 e. The minimum absolute atomic E-state index is 0.136. The van der Waals surface area contributed by atoms with Gasteiger partial charge in [-0.05, 0) is 53.6 Å². The molecule has 0 heterocycles. The number of phenols is 2. The van der Waals surface area contributed by atoms with Crippen LogP contribution in [-0.4, -0.2) is 44.6 Å². The monoisotopic (exact) mass is 477 g/mol. The van der Waals surface area contributed by atoms with Gasteiger partial charge in [0.1, 0.15) is 5.75 Å². The van der Waals surface area contributed by atoms with Gasteiger partial charge in [0.2, 0.25) is 11.7 Å². The Hall–Kier alpha value is -4.59. The fourth-order valence-electron chi connectivity index (χ4n) is 3.33. The van der Waals surface area contributed by atoms with E-state index in [1.54, 1.807) is 54.6 Å². The lowest BCUT2D eigenvalue weighted by atomic mass is 10.1. The molecule has 35 heavy (non-hydrogen) atoms. The molecule has 0 saturated heterocycles. The van der Waals surface area contributed by atoms with Gasteiger partial charge < -0.3 is 34.5 Å². The van der Waals surface area contributed by atoms with Crippen molar-refractivity contribution in [3.63, 3.8) is 0 Å². The molecule has 0 radical (unpaired) electrons. The second-order valence-electron chi connectivity index (χ2n) is 7.29. The molecule has 0 aliphatic rings. The summed E-state index contributed by atoms with van der Waals surface area (Å²) in [6.45, 7) is 0. The van der Waals surface area contributed by atoms with Crippen molar-refractivity contribution in [2.24, 2.45) is 0 Å². The Kier molecular flexibility index (Phi) is 8.24. The Bertz CT molecular complexity index is 1220. The van der Waals surface area contributed by atoms with Gasteiger partial charge in [0.25, 0.3) is 0 Å². The maximum atomic E-state index is 12.6. The normalized spacial score (nSPS) is 11.0. The van der Waals surface area contributed by atoms with E-state index in [1.165, 1.54) is 46.6 Å². The highest BCUT2D eigenvalue weighted by Crippen LogP contribution is 2.40. The van der Waals surface area contributed by atoms with E-state index in [2.05, 4.69) is 5.32 Å². The molecule has 0 spiro atoms. The summed E-state index contributed by atoms with van der Waals surface area (Å²) in [4.78, 5) is 12.6. The summed E-state index contributed by atoms with van der Waals surface area (Å²) in [5.41, 5.74) is 2.21. The summed E-state index contributed by atoms with van der Waals surface area (Å²) in [7, 11) is 6.02. The minimum Gasteiger partial charge on any atom is -0.508 e. The Morgan fingerprint density at radius 3 is 1.94 bits per heavy atom. The van der Waals surface area contributed by atoms with E-state index in [9.17, 15) is 15.0 Å². The highest BCUT2D eigenvalue weighted by Gasteiger charge is 2.15. The quantitative estimate of drug-likeness (QED) is 0.227. The van der Waals surface area contributed by atoms with Crippen molar-refractivity contribution in [3.8, 4) is 34.5 Å². The zero-order valence-electron chi connectivity index (χ0n) is 19.9. The van der Waals surface area contributed by atoms with Gasteiger partial charge in [-0.15, -0.1) is 0 Å². The van der Waals surface area contributed by atoms with Crippen LogP contribution in [0.15, 0.2) is 54.6 Å². The molecule has 0 fully saturated rings. The number of anilines is 1. The topological polar surface area (TPSA) is 106 Å².